The Bertz CT molecular complexity index is 729. The van der Waals surface area contributed by atoms with Gasteiger partial charge in [-0.1, -0.05) is 58.0 Å². The van der Waals surface area contributed by atoms with Crippen molar-refractivity contribution in [2.24, 2.45) is 0 Å². The van der Waals surface area contributed by atoms with Gasteiger partial charge in [-0.05, 0) is 0 Å². The van der Waals surface area contributed by atoms with Crippen molar-refractivity contribution >= 4 is 69.4 Å². The highest BCUT2D eigenvalue weighted by atomic mass is 35.5. The molecule has 1 aromatic heterocycles. The lowest BCUT2D eigenvalue weighted by Gasteiger charge is -2.15. The van der Waals surface area contributed by atoms with Crippen LogP contribution in [-0.4, -0.2) is 4.98 Å². The summed E-state index contributed by atoms with van der Waals surface area (Å²) in [6.45, 7) is 0. The highest BCUT2D eigenvalue weighted by molar-refractivity contribution is 6.43. The minimum atomic E-state index is -1.40. The third kappa shape index (κ3) is 2.90. The summed E-state index contributed by atoms with van der Waals surface area (Å²) in [4.78, 5) is 2.80. The minimum Gasteiger partial charge on any atom is -0.350 e. The van der Waals surface area contributed by atoms with Gasteiger partial charge in [-0.2, -0.15) is 13.8 Å². The molecule has 11 heteroatoms. The second-order valence-electron chi connectivity index (χ2n) is 3.77. The molecule has 22 heavy (non-hydrogen) atoms. The van der Waals surface area contributed by atoms with Crippen LogP contribution in [0.15, 0.2) is 0 Å². The zero-order valence-corrected chi connectivity index (χ0v) is 13.6. The summed E-state index contributed by atoms with van der Waals surface area (Å²) in [6, 6.07) is 0. The molecule has 1 aromatic carbocycles. The predicted octanol–water partition coefficient (Wildman–Crippen LogP) is 6.65. The first-order chi connectivity index (χ1) is 10.2. The normalized spacial score (nSPS) is 11.0. The molecule has 0 radical (unpaired) electrons. The van der Waals surface area contributed by atoms with E-state index in [-0.39, 0.29) is 0 Å². The number of rotatable bonds is 2. The van der Waals surface area contributed by atoms with Crippen LogP contribution in [0.4, 0.5) is 28.9 Å². The van der Waals surface area contributed by atoms with Gasteiger partial charge < -0.3 is 5.32 Å². The Balaban J connectivity index is 2.68. The summed E-state index contributed by atoms with van der Waals surface area (Å²) in [5, 5.41) is -1.66. The number of nitrogens with zero attached hydrogens (tertiary/aromatic N) is 1. The molecule has 0 saturated heterocycles. The first-order valence-electron chi connectivity index (χ1n) is 5.15. The molecule has 1 N–H and O–H groups in total. The molecule has 0 atom stereocenters. The number of anilines is 2. The molecule has 118 valence electrons. The lowest BCUT2D eigenvalue weighted by atomic mass is 10.2. The quantitative estimate of drug-likeness (QED) is 0.258. The van der Waals surface area contributed by atoms with Crippen molar-refractivity contribution in [1.82, 2.24) is 4.98 Å². The van der Waals surface area contributed by atoms with Crippen LogP contribution in [0.2, 0.25) is 25.1 Å². The van der Waals surface area contributed by atoms with Crippen LogP contribution in [-0.2, 0) is 0 Å². The Morgan fingerprint density at radius 2 is 0.955 bits per heavy atom. The van der Waals surface area contributed by atoms with Gasteiger partial charge in [0.15, 0.2) is 11.6 Å². The molecule has 0 aliphatic rings. The highest BCUT2D eigenvalue weighted by Crippen LogP contribution is 2.44. The maximum atomic E-state index is 13.7. The van der Waals surface area contributed by atoms with Gasteiger partial charge in [0.05, 0.1) is 11.4 Å². The molecule has 0 unspecified atom stereocenters. The average Bonchev–Trinajstić information content (AvgIpc) is 2.48. The molecule has 0 amide bonds. The van der Waals surface area contributed by atoms with Crippen molar-refractivity contribution in [3.63, 3.8) is 0 Å². The van der Waals surface area contributed by atoms with E-state index in [1.807, 2.05) is 0 Å². The molecule has 2 aromatic rings. The van der Waals surface area contributed by atoms with Gasteiger partial charge in [-0.3, -0.25) is 0 Å². The predicted molar refractivity (Wildman–Crippen MR) is 78.8 cm³/mol. The van der Waals surface area contributed by atoms with Crippen molar-refractivity contribution in [3.8, 4) is 0 Å². The summed E-state index contributed by atoms with van der Waals surface area (Å²) in [6.07, 6.45) is 0. The lowest BCUT2D eigenvalue weighted by molar-refractivity contribution is 0.514. The van der Waals surface area contributed by atoms with E-state index >= 15 is 0 Å². The Morgan fingerprint density at radius 3 is 1.36 bits per heavy atom. The van der Waals surface area contributed by atoms with Crippen LogP contribution in [0.25, 0.3) is 0 Å². The maximum absolute atomic E-state index is 13.7. The van der Waals surface area contributed by atoms with Crippen molar-refractivity contribution in [2.45, 2.75) is 0 Å². The van der Waals surface area contributed by atoms with Gasteiger partial charge in [-0.25, -0.2) is 8.78 Å². The third-order valence-electron chi connectivity index (χ3n) is 2.46. The van der Waals surface area contributed by atoms with Crippen LogP contribution in [0.5, 0.6) is 0 Å². The summed E-state index contributed by atoms with van der Waals surface area (Å²) >= 11 is 27.8. The molecule has 0 spiro atoms. The van der Waals surface area contributed by atoms with Crippen molar-refractivity contribution in [1.29, 1.82) is 0 Å². The van der Waals surface area contributed by atoms with Crippen LogP contribution >= 0.6 is 58.0 Å². The van der Waals surface area contributed by atoms with E-state index in [9.17, 15) is 17.6 Å². The molecule has 1 heterocycles. The standard InChI is InChI=1S/C11HCl5F4N2/c12-1-6(17)2(13)8(3(14)7(1)18)21-9-4(15)10(19)22-11(20)5(9)16/h(H,21,22). The van der Waals surface area contributed by atoms with E-state index in [1.165, 1.54) is 0 Å². The van der Waals surface area contributed by atoms with Gasteiger partial charge in [0.2, 0.25) is 11.9 Å². The fourth-order valence-electron chi connectivity index (χ4n) is 1.44. The summed E-state index contributed by atoms with van der Waals surface area (Å²) < 4.78 is 54.0. The minimum absolute atomic E-state index is 0.557. The maximum Gasteiger partial charge on any atom is 0.236 e. The van der Waals surface area contributed by atoms with Gasteiger partial charge in [0, 0.05) is 0 Å². The first-order valence-corrected chi connectivity index (χ1v) is 7.04. The fraction of sp³-hybridized carbons (Fsp3) is 0. The van der Waals surface area contributed by atoms with Crippen LogP contribution in [0, 0.1) is 23.5 Å². The first kappa shape index (κ1) is 17.7. The number of benzene rings is 1. The average molecular weight is 414 g/mol. The highest BCUT2D eigenvalue weighted by Gasteiger charge is 2.25. The zero-order valence-electron chi connectivity index (χ0n) is 9.85. The van der Waals surface area contributed by atoms with Gasteiger partial charge in [0.1, 0.15) is 25.1 Å². The molecular formula is C11HCl5F4N2. The van der Waals surface area contributed by atoms with Crippen molar-refractivity contribution in [3.05, 3.63) is 48.6 Å². The van der Waals surface area contributed by atoms with E-state index in [1.54, 1.807) is 0 Å². The Kier molecular flexibility index (Phi) is 5.19. The van der Waals surface area contributed by atoms with Crippen LogP contribution in [0.1, 0.15) is 0 Å². The van der Waals surface area contributed by atoms with Gasteiger partial charge in [-0.15, -0.1) is 0 Å². The van der Waals surface area contributed by atoms with Gasteiger partial charge in [0.25, 0.3) is 0 Å². The topological polar surface area (TPSA) is 24.9 Å². The Morgan fingerprint density at radius 1 is 0.591 bits per heavy atom. The van der Waals surface area contributed by atoms with E-state index in [2.05, 4.69) is 10.3 Å². The van der Waals surface area contributed by atoms with E-state index in [4.69, 9.17) is 58.0 Å². The van der Waals surface area contributed by atoms with E-state index in [0.29, 0.717) is 0 Å². The van der Waals surface area contributed by atoms with Crippen LogP contribution < -0.4 is 5.32 Å². The molecule has 0 aliphatic heterocycles. The second kappa shape index (κ2) is 6.45. The summed E-state index contributed by atoms with van der Waals surface area (Å²) in [7, 11) is 0. The van der Waals surface area contributed by atoms with Crippen molar-refractivity contribution in [2.75, 3.05) is 5.32 Å². The molecule has 0 aliphatic carbocycles. The smallest absolute Gasteiger partial charge is 0.236 e. The number of hydrogen-bond acceptors (Lipinski definition) is 2. The number of nitrogens with one attached hydrogen (secondary N) is 1. The monoisotopic (exact) mass is 412 g/mol. The number of halogens is 9. The number of pyridine rings is 1. The Hall–Kier alpha value is -0.660. The zero-order chi connectivity index (χ0) is 16.8. The molecule has 0 saturated carbocycles. The summed E-state index contributed by atoms with van der Waals surface area (Å²) in [5.74, 6) is -5.44. The van der Waals surface area contributed by atoms with Gasteiger partial charge >= 0.3 is 0 Å². The van der Waals surface area contributed by atoms with Crippen molar-refractivity contribution < 1.29 is 17.6 Å². The van der Waals surface area contributed by atoms with Crippen LogP contribution in [0.3, 0.4) is 0 Å². The molecular weight excluding hydrogens is 413 g/mol. The third-order valence-corrected chi connectivity index (χ3v) is 4.19. The lowest BCUT2D eigenvalue weighted by Crippen LogP contribution is -2.03. The Labute approximate surface area is 145 Å². The molecule has 2 nitrogen and oxygen atoms in total. The number of aromatic nitrogens is 1. The second-order valence-corrected chi connectivity index (χ2v) is 5.66. The molecule has 0 fully saturated rings. The molecule has 2 rings (SSSR count). The van der Waals surface area contributed by atoms with E-state index in [0.717, 1.165) is 0 Å². The number of hydrogen-bond donors (Lipinski definition) is 1. The summed E-state index contributed by atoms with van der Waals surface area (Å²) in [5.41, 5.74) is -1.12. The SMILES string of the molecule is Fc1nc(F)c(Cl)c(Nc2c(Cl)c(F)c(Cl)c(F)c2Cl)c1Cl. The largest absolute Gasteiger partial charge is 0.350 e. The van der Waals surface area contributed by atoms with E-state index < -0.39 is 60.0 Å². The molecule has 0 bridgehead atoms. The fourth-order valence-corrected chi connectivity index (χ4v) is 2.66.